The summed E-state index contributed by atoms with van der Waals surface area (Å²) >= 11 is 2.87. The number of rotatable bonds is 5. The number of nitrogens with one attached hydrogen (secondary N) is 1. The molecule has 1 amide bonds. The molecule has 0 fully saturated rings. The molecule has 1 aromatic carbocycles. The summed E-state index contributed by atoms with van der Waals surface area (Å²) in [7, 11) is 0. The first-order chi connectivity index (χ1) is 14.1. The Labute approximate surface area is 177 Å². The third-order valence-electron chi connectivity index (χ3n) is 5.03. The standard InChI is InChI=1S/C22H21N3O2S2/c1-3-11-23-18(26)13-28-22-24-20-19(16-10-9-14(2)12-17(16)29-20)21(27)25(22)15-7-5-4-6-8-15/h1,4-8,14H,9-13H2,2H3,(H,23,26). The Bertz CT molecular complexity index is 1160. The van der Waals surface area contributed by atoms with Crippen molar-refractivity contribution >= 4 is 39.2 Å². The molecule has 0 bridgehead atoms. The molecule has 2 aromatic heterocycles. The fourth-order valence-electron chi connectivity index (χ4n) is 3.60. The number of para-hydroxylation sites is 1. The number of carbonyl (C=O) groups excluding carboxylic acids is 1. The van der Waals surface area contributed by atoms with Crippen molar-refractivity contribution in [3.8, 4) is 18.0 Å². The van der Waals surface area contributed by atoms with Crippen LogP contribution >= 0.6 is 23.1 Å². The lowest BCUT2D eigenvalue weighted by Gasteiger charge is -2.17. The van der Waals surface area contributed by atoms with Crippen LogP contribution in [0.5, 0.6) is 0 Å². The summed E-state index contributed by atoms with van der Waals surface area (Å²) in [6, 6.07) is 9.47. The maximum Gasteiger partial charge on any atom is 0.267 e. The van der Waals surface area contributed by atoms with Crippen molar-refractivity contribution in [1.82, 2.24) is 14.9 Å². The molecule has 4 rings (SSSR count). The second-order valence-corrected chi connectivity index (χ2v) is 9.20. The highest BCUT2D eigenvalue weighted by atomic mass is 32.2. The molecule has 1 N–H and O–H groups in total. The number of carbonyl (C=O) groups is 1. The summed E-state index contributed by atoms with van der Waals surface area (Å²) in [4.78, 5) is 32.5. The van der Waals surface area contributed by atoms with Gasteiger partial charge in [0.25, 0.3) is 5.56 Å². The Hall–Kier alpha value is -2.56. The molecule has 1 unspecified atom stereocenters. The summed E-state index contributed by atoms with van der Waals surface area (Å²) in [5.74, 6) is 2.98. The van der Waals surface area contributed by atoms with Crippen LogP contribution in [0.15, 0.2) is 40.3 Å². The molecule has 0 aliphatic heterocycles. The summed E-state index contributed by atoms with van der Waals surface area (Å²) in [6.07, 6.45) is 8.21. The van der Waals surface area contributed by atoms with Crippen LogP contribution in [0.2, 0.25) is 0 Å². The van der Waals surface area contributed by atoms with E-state index in [-0.39, 0.29) is 23.8 Å². The minimum Gasteiger partial charge on any atom is -0.344 e. The highest BCUT2D eigenvalue weighted by Crippen LogP contribution is 2.36. The lowest BCUT2D eigenvalue weighted by atomic mass is 9.89. The monoisotopic (exact) mass is 423 g/mol. The number of hydrogen-bond donors (Lipinski definition) is 1. The van der Waals surface area contributed by atoms with Gasteiger partial charge in [-0.3, -0.25) is 14.2 Å². The average molecular weight is 424 g/mol. The van der Waals surface area contributed by atoms with Crippen LogP contribution in [0.1, 0.15) is 23.8 Å². The van der Waals surface area contributed by atoms with Gasteiger partial charge in [0, 0.05) is 4.88 Å². The number of nitrogens with zero attached hydrogens (tertiary/aromatic N) is 2. The van der Waals surface area contributed by atoms with Crippen LogP contribution in [0.25, 0.3) is 15.9 Å². The first-order valence-corrected chi connectivity index (χ1v) is 11.3. The minimum absolute atomic E-state index is 0.0558. The molecule has 7 heteroatoms. The van der Waals surface area contributed by atoms with Gasteiger partial charge < -0.3 is 5.32 Å². The van der Waals surface area contributed by atoms with Gasteiger partial charge in [-0.15, -0.1) is 17.8 Å². The molecule has 1 atom stereocenters. The highest BCUT2D eigenvalue weighted by molar-refractivity contribution is 7.99. The van der Waals surface area contributed by atoms with Crippen LogP contribution in [0, 0.1) is 18.3 Å². The molecule has 0 saturated heterocycles. The van der Waals surface area contributed by atoms with E-state index in [1.165, 1.54) is 16.6 Å². The van der Waals surface area contributed by atoms with E-state index in [9.17, 15) is 9.59 Å². The molecule has 0 saturated carbocycles. The molecular weight excluding hydrogens is 402 g/mol. The molecular formula is C22H21N3O2S2. The van der Waals surface area contributed by atoms with Crippen LogP contribution in [-0.2, 0) is 17.6 Å². The van der Waals surface area contributed by atoms with Crippen molar-refractivity contribution in [2.24, 2.45) is 5.92 Å². The quantitative estimate of drug-likeness (QED) is 0.388. The highest BCUT2D eigenvalue weighted by Gasteiger charge is 2.25. The number of thiophene rings is 1. The number of thioether (sulfide) groups is 1. The van der Waals surface area contributed by atoms with Gasteiger partial charge in [-0.2, -0.15) is 0 Å². The number of hydrogen-bond acceptors (Lipinski definition) is 5. The Morgan fingerprint density at radius 1 is 1.41 bits per heavy atom. The lowest BCUT2D eigenvalue weighted by Crippen LogP contribution is -2.26. The Morgan fingerprint density at radius 2 is 2.21 bits per heavy atom. The first-order valence-electron chi connectivity index (χ1n) is 9.54. The number of aromatic nitrogens is 2. The van der Waals surface area contributed by atoms with Crippen LogP contribution in [-0.4, -0.2) is 27.8 Å². The first kappa shape index (κ1) is 19.7. The maximum absolute atomic E-state index is 13.6. The van der Waals surface area contributed by atoms with Crippen LogP contribution in [0.4, 0.5) is 0 Å². The molecule has 2 heterocycles. The molecule has 29 heavy (non-hydrogen) atoms. The molecule has 0 radical (unpaired) electrons. The molecule has 0 spiro atoms. The SMILES string of the molecule is C#CCNC(=O)CSc1nc2sc3c(c2c(=O)n1-c1ccccc1)CCC(C)C3. The van der Waals surface area contributed by atoms with Gasteiger partial charge in [-0.05, 0) is 42.9 Å². The van der Waals surface area contributed by atoms with Gasteiger partial charge in [-0.25, -0.2) is 4.98 Å². The van der Waals surface area contributed by atoms with Gasteiger partial charge in [0.1, 0.15) is 4.83 Å². The summed E-state index contributed by atoms with van der Waals surface area (Å²) in [5, 5.41) is 3.91. The van der Waals surface area contributed by atoms with E-state index in [0.29, 0.717) is 11.1 Å². The van der Waals surface area contributed by atoms with Crippen molar-refractivity contribution < 1.29 is 4.79 Å². The number of benzene rings is 1. The predicted molar refractivity (Wildman–Crippen MR) is 119 cm³/mol. The van der Waals surface area contributed by atoms with Crippen molar-refractivity contribution in [2.45, 2.75) is 31.3 Å². The van der Waals surface area contributed by atoms with Gasteiger partial charge in [0.05, 0.1) is 23.4 Å². The Balaban J connectivity index is 1.82. The summed E-state index contributed by atoms with van der Waals surface area (Å²) in [5.41, 5.74) is 1.86. The topological polar surface area (TPSA) is 64.0 Å². The lowest BCUT2D eigenvalue weighted by molar-refractivity contribution is -0.118. The zero-order chi connectivity index (χ0) is 20.4. The number of aryl methyl sites for hydroxylation is 1. The Morgan fingerprint density at radius 3 is 2.97 bits per heavy atom. The van der Waals surface area contributed by atoms with Gasteiger partial charge in [0.2, 0.25) is 5.91 Å². The fraction of sp³-hybridized carbons (Fsp3) is 0.318. The van der Waals surface area contributed by atoms with Crippen molar-refractivity contribution in [3.63, 3.8) is 0 Å². The van der Waals surface area contributed by atoms with Crippen molar-refractivity contribution in [3.05, 3.63) is 51.1 Å². The second kappa shape index (κ2) is 8.44. The van der Waals surface area contributed by atoms with E-state index in [4.69, 9.17) is 11.4 Å². The number of terminal acetylenes is 1. The molecule has 3 aromatic rings. The van der Waals surface area contributed by atoms with E-state index in [0.717, 1.165) is 40.7 Å². The van der Waals surface area contributed by atoms with Crippen molar-refractivity contribution in [2.75, 3.05) is 12.3 Å². The summed E-state index contributed by atoms with van der Waals surface area (Å²) < 4.78 is 1.63. The average Bonchev–Trinajstić information content (AvgIpc) is 3.08. The smallest absolute Gasteiger partial charge is 0.267 e. The van der Waals surface area contributed by atoms with E-state index in [1.54, 1.807) is 15.9 Å². The third-order valence-corrected chi connectivity index (χ3v) is 7.12. The van der Waals surface area contributed by atoms with Gasteiger partial charge >= 0.3 is 0 Å². The van der Waals surface area contributed by atoms with Gasteiger partial charge in [0.15, 0.2) is 5.16 Å². The predicted octanol–water partition coefficient (Wildman–Crippen LogP) is 3.41. The van der Waals surface area contributed by atoms with E-state index in [1.807, 2.05) is 30.3 Å². The van der Waals surface area contributed by atoms with Gasteiger partial charge in [-0.1, -0.05) is 42.8 Å². The molecule has 1 aliphatic rings. The van der Waals surface area contributed by atoms with E-state index < -0.39 is 0 Å². The number of fused-ring (bicyclic) bond motifs is 3. The van der Waals surface area contributed by atoms with Crippen LogP contribution < -0.4 is 10.9 Å². The third kappa shape index (κ3) is 3.96. The Kier molecular flexibility index (Phi) is 5.74. The largest absolute Gasteiger partial charge is 0.344 e. The van der Waals surface area contributed by atoms with Crippen molar-refractivity contribution in [1.29, 1.82) is 0 Å². The molecule has 148 valence electrons. The zero-order valence-electron chi connectivity index (χ0n) is 16.1. The zero-order valence-corrected chi connectivity index (χ0v) is 17.7. The molecule has 1 aliphatic carbocycles. The number of amides is 1. The molecule has 5 nitrogen and oxygen atoms in total. The maximum atomic E-state index is 13.6. The van der Waals surface area contributed by atoms with E-state index in [2.05, 4.69) is 18.2 Å². The normalized spacial score (nSPS) is 15.7. The minimum atomic E-state index is -0.179. The summed E-state index contributed by atoms with van der Waals surface area (Å²) in [6.45, 7) is 2.44. The van der Waals surface area contributed by atoms with Crippen LogP contribution in [0.3, 0.4) is 0 Å². The second-order valence-electron chi connectivity index (χ2n) is 7.17. The fourth-order valence-corrected chi connectivity index (χ4v) is 5.87. The van der Waals surface area contributed by atoms with E-state index >= 15 is 0 Å².